The van der Waals surface area contributed by atoms with Crippen LogP contribution in [0.25, 0.3) is 16.8 Å². The monoisotopic (exact) mass is 554 g/mol. The highest BCUT2D eigenvalue weighted by atomic mass is 79.9. The third-order valence-corrected chi connectivity index (χ3v) is 6.47. The first-order valence-electron chi connectivity index (χ1n) is 10.4. The average Bonchev–Trinajstić information content (AvgIpc) is 3.10. The molecule has 10 heteroatoms. The number of rotatable bonds is 7. The number of thioether (sulfide) groups is 1. The molecule has 1 fully saturated rings. The lowest BCUT2D eigenvalue weighted by Crippen LogP contribution is -2.36. The number of anilines is 1. The van der Waals surface area contributed by atoms with E-state index in [4.69, 9.17) is 4.74 Å². The van der Waals surface area contributed by atoms with Crippen LogP contribution in [-0.2, 0) is 19.1 Å². The van der Waals surface area contributed by atoms with E-state index >= 15 is 0 Å². The predicted octanol–water partition coefficient (Wildman–Crippen LogP) is 4.83. The Balaban J connectivity index is 1.50. The van der Waals surface area contributed by atoms with E-state index in [-0.39, 0.29) is 11.5 Å². The lowest BCUT2D eigenvalue weighted by molar-refractivity contribution is -0.142. The second-order valence-corrected chi connectivity index (χ2v) is 9.30. The van der Waals surface area contributed by atoms with Crippen molar-refractivity contribution in [1.82, 2.24) is 4.90 Å². The maximum Gasteiger partial charge on any atom is 0.343 e. The van der Waals surface area contributed by atoms with Gasteiger partial charge in [0.2, 0.25) is 5.91 Å². The Hall–Kier alpha value is -3.63. The van der Waals surface area contributed by atoms with Gasteiger partial charge in [-0.1, -0.05) is 52.3 Å². The van der Waals surface area contributed by atoms with Gasteiger partial charge in [0.05, 0.1) is 12.0 Å². The molecule has 1 N–H and O–H groups in total. The summed E-state index contributed by atoms with van der Waals surface area (Å²) in [6, 6.07) is 18.1. The number of hydrogen-bond donors (Lipinski definition) is 1. The van der Waals surface area contributed by atoms with E-state index in [1.165, 1.54) is 13.2 Å². The predicted molar refractivity (Wildman–Crippen MR) is 137 cm³/mol. The summed E-state index contributed by atoms with van der Waals surface area (Å²) in [5.74, 6) is -1.31. The maximum atomic E-state index is 12.9. The zero-order chi connectivity index (χ0) is 24.9. The van der Waals surface area contributed by atoms with Crippen LogP contribution in [0.1, 0.15) is 5.56 Å². The summed E-state index contributed by atoms with van der Waals surface area (Å²) in [5.41, 5.74) is 1.08. The number of hydrogen-bond acceptors (Lipinski definition) is 7. The number of carbonyl (C=O) groups is 4. The molecule has 1 aliphatic rings. The van der Waals surface area contributed by atoms with Crippen molar-refractivity contribution in [2.45, 2.75) is 0 Å². The van der Waals surface area contributed by atoms with Gasteiger partial charge in [-0.15, -0.1) is 0 Å². The number of halogens is 1. The molecule has 3 aromatic rings. The molecule has 0 aromatic heterocycles. The smallest absolute Gasteiger partial charge is 0.343 e. The fraction of sp³-hybridized carbons (Fsp3) is 0.120. The van der Waals surface area contributed by atoms with Gasteiger partial charge in [0.15, 0.2) is 6.61 Å². The second-order valence-electron chi connectivity index (χ2n) is 7.39. The number of amides is 3. The van der Waals surface area contributed by atoms with E-state index in [1.54, 1.807) is 24.3 Å². The van der Waals surface area contributed by atoms with Gasteiger partial charge in [-0.2, -0.15) is 0 Å². The minimum atomic E-state index is -0.591. The van der Waals surface area contributed by atoms with Gasteiger partial charge in [-0.25, -0.2) is 4.79 Å². The summed E-state index contributed by atoms with van der Waals surface area (Å²) in [7, 11) is 1.25. The Labute approximate surface area is 213 Å². The van der Waals surface area contributed by atoms with Gasteiger partial charge in [0.1, 0.15) is 12.3 Å². The Morgan fingerprint density at radius 2 is 1.86 bits per heavy atom. The molecule has 0 radical (unpaired) electrons. The van der Waals surface area contributed by atoms with Crippen molar-refractivity contribution < 1.29 is 28.7 Å². The number of nitrogens with one attached hydrogen (secondary N) is 1. The van der Waals surface area contributed by atoms with Crippen molar-refractivity contribution in [3.63, 3.8) is 0 Å². The summed E-state index contributed by atoms with van der Waals surface area (Å²) in [6.45, 7) is -0.732. The molecule has 3 aromatic carbocycles. The van der Waals surface area contributed by atoms with Gasteiger partial charge in [0.25, 0.3) is 11.1 Å². The molecule has 35 heavy (non-hydrogen) atoms. The van der Waals surface area contributed by atoms with E-state index in [2.05, 4.69) is 26.0 Å². The van der Waals surface area contributed by atoms with E-state index in [0.29, 0.717) is 21.5 Å². The molecule has 0 spiro atoms. The summed E-state index contributed by atoms with van der Waals surface area (Å²) >= 11 is 4.09. The topological polar surface area (TPSA) is 102 Å². The molecule has 0 saturated carbocycles. The minimum absolute atomic E-state index is 0.133. The zero-order valence-corrected chi connectivity index (χ0v) is 20.9. The van der Waals surface area contributed by atoms with Crippen LogP contribution in [0.4, 0.5) is 10.5 Å². The molecule has 0 aliphatic carbocycles. The van der Waals surface area contributed by atoms with E-state index in [0.717, 1.165) is 27.4 Å². The molecular weight excluding hydrogens is 536 g/mol. The van der Waals surface area contributed by atoms with Gasteiger partial charge >= 0.3 is 5.97 Å². The largest absolute Gasteiger partial charge is 0.481 e. The number of carbonyl (C=O) groups excluding carboxylic acids is 4. The molecule has 1 saturated heterocycles. The molecule has 0 bridgehead atoms. The van der Waals surface area contributed by atoms with Crippen LogP contribution in [0, 0.1) is 0 Å². The molecule has 0 atom stereocenters. The number of methoxy groups -OCH3 is 1. The van der Waals surface area contributed by atoms with Crippen LogP contribution >= 0.6 is 27.7 Å². The van der Waals surface area contributed by atoms with Gasteiger partial charge in [-0.3, -0.25) is 19.3 Å². The average molecular weight is 555 g/mol. The van der Waals surface area contributed by atoms with Crippen molar-refractivity contribution in [2.75, 3.05) is 25.6 Å². The molecule has 1 heterocycles. The molecule has 3 amide bonds. The second kappa shape index (κ2) is 10.7. The van der Waals surface area contributed by atoms with E-state index in [9.17, 15) is 19.2 Å². The van der Waals surface area contributed by atoms with Crippen molar-refractivity contribution >= 4 is 73.3 Å². The number of benzene rings is 3. The first-order valence-corrected chi connectivity index (χ1v) is 12.0. The third-order valence-electron chi connectivity index (χ3n) is 5.07. The zero-order valence-electron chi connectivity index (χ0n) is 18.4. The fourth-order valence-electron chi connectivity index (χ4n) is 3.40. The highest BCUT2D eigenvalue weighted by molar-refractivity contribution is 9.10. The number of imide groups is 1. The van der Waals surface area contributed by atoms with Crippen LogP contribution in [-0.4, -0.2) is 48.2 Å². The van der Waals surface area contributed by atoms with Crippen LogP contribution in [0.3, 0.4) is 0 Å². The number of fused-ring (bicyclic) bond motifs is 1. The number of nitrogens with zero attached hydrogens (tertiary/aromatic N) is 1. The lowest BCUT2D eigenvalue weighted by atomic mass is 10.1. The van der Waals surface area contributed by atoms with Crippen molar-refractivity contribution in [3.8, 4) is 5.75 Å². The quantitative estimate of drug-likeness (QED) is 0.329. The molecule has 178 valence electrons. The van der Waals surface area contributed by atoms with Crippen molar-refractivity contribution in [3.05, 3.63) is 75.6 Å². The van der Waals surface area contributed by atoms with E-state index in [1.807, 2.05) is 36.4 Å². The lowest BCUT2D eigenvalue weighted by Gasteiger charge is -2.13. The van der Waals surface area contributed by atoms with Crippen LogP contribution in [0.5, 0.6) is 5.75 Å². The highest BCUT2D eigenvalue weighted by Gasteiger charge is 2.36. The number of esters is 1. The highest BCUT2D eigenvalue weighted by Crippen LogP contribution is 2.35. The molecule has 4 rings (SSSR count). The first kappa shape index (κ1) is 24.5. The van der Waals surface area contributed by atoms with Gasteiger partial charge in [-0.05, 0) is 47.5 Å². The summed E-state index contributed by atoms with van der Waals surface area (Å²) < 4.78 is 10.8. The molecule has 0 unspecified atom stereocenters. The molecule has 1 aliphatic heterocycles. The maximum absolute atomic E-state index is 12.9. The van der Waals surface area contributed by atoms with E-state index < -0.39 is 29.6 Å². The van der Waals surface area contributed by atoms with Crippen LogP contribution in [0.2, 0.25) is 0 Å². The minimum Gasteiger partial charge on any atom is -0.481 e. The SMILES string of the molecule is COC(=O)COc1ccc(Br)cc1/C=C1/SC(=O)N(CC(=O)Nc2cccc3ccccc23)C1=O. The Morgan fingerprint density at radius 1 is 1.09 bits per heavy atom. The standard InChI is InChI=1S/C25H19BrN2O6S/c1-33-23(30)14-34-20-10-9-17(26)11-16(20)12-21-24(31)28(25(32)35-21)13-22(29)27-19-8-4-6-15-5-2-3-7-18(15)19/h2-12H,13-14H2,1H3,(H,27,29)/b21-12+. The van der Waals surface area contributed by atoms with Gasteiger partial charge < -0.3 is 14.8 Å². The third kappa shape index (κ3) is 5.72. The molecular formula is C25H19BrN2O6S. The fourth-order valence-corrected chi connectivity index (χ4v) is 4.61. The van der Waals surface area contributed by atoms with Crippen molar-refractivity contribution in [1.29, 1.82) is 0 Å². The van der Waals surface area contributed by atoms with Gasteiger partial charge in [0, 0.05) is 21.1 Å². The normalized spacial score (nSPS) is 14.5. The summed E-state index contributed by atoms with van der Waals surface area (Å²) in [6.07, 6.45) is 1.49. The summed E-state index contributed by atoms with van der Waals surface area (Å²) in [5, 5.41) is 4.04. The Bertz CT molecular complexity index is 1370. The Kier molecular flexibility index (Phi) is 7.52. The first-order chi connectivity index (χ1) is 16.9. The number of ether oxygens (including phenoxy) is 2. The summed E-state index contributed by atoms with van der Waals surface area (Å²) in [4.78, 5) is 50.6. The van der Waals surface area contributed by atoms with Crippen LogP contribution < -0.4 is 10.1 Å². The van der Waals surface area contributed by atoms with Crippen molar-refractivity contribution in [2.24, 2.45) is 0 Å². The van der Waals surface area contributed by atoms with Crippen LogP contribution in [0.15, 0.2) is 70.0 Å². The molecule has 8 nitrogen and oxygen atoms in total. The Morgan fingerprint density at radius 3 is 2.66 bits per heavy atom.